The standard InChI is InChI=1S/C24H36O4/c1-14(4-7-21(27)28)17-5-6-18-22-19(9-11-24(17,18)3)23(2)10-8-16(25)12-15(23)13-20(22)26/h14-15,17-19,22H,4-13H2,1-3H3,(H,27,28)/t14?,15?,17?,18?,19?,22?,23-,24+/m0/s1. The Bertz CT molecular complexity index is 684. The van der Waals surface area contributed by atoms with Crippen LogP contribution in [0.4, 0.5) is 0 Å². The van der Waals surface area contributed by atoms with Crippen molar-refractivity contribution in [2.24, 2.45) is 46.3 Å². The predicted octanol–water partition coefficient (Wildman–Crippen LogP) is 4.89. The lowest BCUT2D eigenvalue weighted by Gasteiger charge is -2.59. The van der Waals surface area contributed by atoms with Crippen molar-refractivity contribution in [2.45, 2.75) is 85.0 Å². The quantitative estimate of drug-likeness (QED) is 0.744. The number of carbonyl (C=O) groups excluding carboxylic acids is 2. The molecule has 4 heteroatoms. The molecule has 0 spiro atoms. The third-order valence-corrected chi connectivity index (χ3v) is 9.86. The second-order valence-electron chi connectivity index (χ2n) is 11.0. The van der Waals surface area contributed by atoms with E-state index in [4.69, 9.17) is 5.11 Å². The first-order valence-electron chi connectivity index (χ1n) is 11.4. The Morgan fingerprint density at radius 2 is 1.79 bits per heavy atom. The van der Waals surface area contributed by atoms with Crippen molar-refractivity contribution in [1.82, 2.24) is 0 Å². The molecule has 4 saturated carbocycles. The first-order chi connectivity index (χ1) is 13.2. The lowest BCUT2D eigenvalue weighted by atomic mass is 9.44. The SMILES string of the molecule is CC(CCC(=O)O)C1CCC2C3C(=O)CC4CC(=O)CC[C@]4(C)C3CC[C@]12C. The van der Waals surface area contributed by atoms with Gasteiger partial charge < -0.3 is 5.11 Å². The van der Waals surface area contributed by atoms with Crippen LogP contribution in [0.5, 0.6) is 0 Å². The Morgan fingerprint density at radius 3 is 2.50 bits per heavy atom. The van der Waals surface area contributed by atoms with Crippen molar-refractivity contribution >= 4 is 17.5 Å². The van der Waals surface area contributed by atoms with Crippen molar-refractivity contribution in [3.8, 4) is 0 Å². The largest absolute Gasteiger partial charge is 0.481 e. The second-order valence-corrected chi connectivity index (χ2v) is 11.0. The number of Topliss-reactive ketones (excluding diaryl/α,β-unsaturated/α-hetero) is 2. The Balaban J connectivity index is 1.57. The van der Waals surface area contributed by atoms with E-state index >= 15 is 0 Å². The van der Waals surface area contributed by atoms with Gasteiger partial charge in [0, 0.05) is 31.6 Å². The monoisotopic (exact) mass is 388 g/mol. The summed E-state index contributed by atoms with van der Waals surface area (Å²) in [4.78, 5) is 36.4. The van der Waals surface area contributed by atoms with E-state index in [1.807, 2.05) is 0 Å². The van der Waals surface area contributed by atoms with Gasteiger partial charge in [0.15, 0.2) is 0 Å². The van der Waals surface area contributed by atoms with Crippen molar-refractivity contribution in [3.05, 3.63) is 0 Å². The van der Waals surface area contributed by atoms with E-state index in [-0.39, 0.29) is 29.1 Å². The van der Waals surface area contributed by atoms with Crippen molar-refractivity contribution < 1.29 is 19.5 Å². The molecule has 0 aromatic heterocycles. The van der Waals surface area contributed by atoms with Crippen LogP contribution in [0.15, 0.2) is 0 Å². The third kappa shape index (κ3) is 2.97. The van der Waals surface area contributed by atoms with Crippen LogP contribution in [-0.4, -0.2) is 22.6 Å². The minimum atomic E-state index is -0.705. The summed E-state index contributed by atoms with van der Waals surface area (Å²) in [5.74, 6) is 2.33. The second kappa shape index (κ2) is 6.95. The zero-order chi connectivity index (χ0) is 20.3. The molecule has 4 fully saturated rings. The van der Waals surface area contributed by atoms with Gasteiger partial charge in [-0.1, -0.05) is 20.8 Å². The first kappa shape index (κ1) is 20.1. The Kier molecular flexibility index (Phi) is 4.99. The van der Waals surface area contributed by atoms with Gasteiger partial charge in [-0.15, -0.1) is 0 Å². The Hall–Kier alpha value is -1.19. The smallest absolute Gasteiger partial charge is 0.303 e. The van der Waals surface area contributed by atoms with Gasteiger partial charge in [-0.3, -0.25) is 14.4 Å². The molecule has 8 atom stereocenters. The van der Waals surface area contributed by atoms with Gasteiger partial charge in [-0.05, 0) is 78.9 Å². The van der Waals surface area contributed by atoms with Gasteiger partial charge >= 0.3 is 5.97 Å². The van der Waals surface area contributed by atoms with Gasteiger partial charge in [0.2, 0.25) is 0 Å². The van der Waals surface area contributed by atoms with Gasteiger partial charge in [0.1, 0.15) is 11.6 Å². The molecule has 4 nitrogen and oxygen atoms in total. The average molecular weight is 389 g/mol. The molecule has 4 aliphatic rings. The molecule has 0 aromatic carbocycles. The summed E-state index contributed by atoms with van der Waals surface area (Å²) in [6, 6.07) is 0. The fourth-order valence-corrected chi connectivity index (χ4v) is 8.25. The Morgan fingerprint density at radius 1 is 1.07 bits per heavy atom. The zero-order valence-corrected chi connectivity index (χ0v) is 17.7. The maximum Gasteiger partial charge on any atom is 0.303 e. The van der Waals surface area contributed by atoms with Crippen LogP contribution in [0.2, 0.25) is 0 Å². The molecule has 0 heterocycles. The topological polar surface area (TPSA) is 71.4 Å². The highest BCUT2D eigenvalue weighted by molar-refractivity contribution is 5.86. The highest BCUT2D eigenvalue weighted by atomic mass is 16.4. The summed E-state index contributed by atoms with van der Waals surface area (Å²) in [6.07, 6.45) is 8.38. The number of carboxylic acid groups (broad SMARTS) is 1. The number of carbonyl (C=O) groups is 3. The number of ketones is 2. The molecule has 0 amide bonds. The zero-order valence-electron chi connectivity index (χ0n) is 17.7. The molecule has 0 aromatic rings. The van der Waals surface area contributed by atoms with Gasteiger partial charge in [0.05, 0.1) is 0 Å². The van der Waals surface area contributed by atoms with Crippen LogP contribution >= 0.6 is 0 Å². The first-order valence-corrected chi connectivity index (χ1v) is 11.4. The van der Waals surface area contributed by atoms with Crippen molar-refractivity contribution in [3.63, 3.8) is 0 Å². The number of fused-ring (bicyclic) bond motifs is 5. The van der Waals surface area contributed by atoms with E-state index in [2.05, 4.69) is 20.8 Å². The lowest BCUT2D eigenvalue weighted by Crippen LogP contribution is -2.57. The van der Waals surface area contributed by atoms with Crippen LogP contribution in [0, 0.1) is 46.3 Å². The fraction of sp³-hybridized carbons (Fsp3) is 0.875. The minimum Gasteiger partial charge on any atom is -0.481 e. The number of carboxylic acids is 1. The van der Waals surface area contributed by atoms with E-state index < -0.39 is 5.97 Å². The number of aliphatic carboxylic acids is 1. The molecule has 0 bridgehead atoms. The van der Waals surface area contributed by atoms with Crippen LogP contribution < -0.4 is 0 Å². The van der Waals surface area contributed by atoms with Gasteiger partial charge in [-0.25, -0.2) is 0 Å². The highest BCUT2D eigenvalue weighted by Crippen LogP contribution is 2.67. The molecule has 4 rings (SSSR count). The van der Waals surface area contributed by atoms with Crippen LogP contribution in [0.25, 0.3) is 0 Å². The summed E-state index contributed by atoms with van der Waals surface area (Å²) < 4.78 is 0. The van der Waals surface area contributed by atoms with Crippen molar-refractivity contribution in [1.29, 1.82) is 0 Å². The molecule has 156 valence electrons. The van der Waals surface area contributed by atoms with E-state index in [0.29, 0.717) is 54.5 Å². The van der Waals surface area contributed by atoms with E-state index in [1.54, 1.807) is 0 Å². The highest BCUT2D eigenvalue weighted by Gasteiger charge is 2.63. The Labute approximate surface area is 168 Å². The third-order valence-electron chi connectivity index (χ3n) is 9.86. The van der Waals surface area contributed by atoms with Crippen LogP contribution in [-0.2, 0) is 14.4 Å². The predicted molar refractivity (Wildman–Crippen MR) is 107 cm³/mol. The lowest BCUT2D eigenvalue weighted by molar-refractivity contribution is -0.159. The van der Waals surface area contributed by atoms with Crippen molar-refractivity contribution in [2.75, 3.05) is 0 Å². The molecule has 0 radical (unpaired) electrons. The van der Waals surface area contributed by atoms with Gasteiger partial charge in [0.25, 0.3) is 0 Å². The number of rotatable bonds is 4. The molecular weight excluding hydrogens is 352 g/mol. The fourth-order valence-electron chi connectivity index (χ4n) is 8.25. The summed E-state index contributed by atoms with van der Waals surface area (Å²) in [5.41, 5.74) is 0.323. The summed E-state index contributed by atoms with van der Waals surface area (Å²) in [6.45, 7) is 6.99. The molecule has 6 unspecified atom stereocenters. The molecular formula is C24H36O4. The van der Waals surface area contributed by atoms with E-state index in [9.17, 15) is 14.4 Å². The maximum atomic E-state index is 13.3. The molecule has 0 aliphatic heterocycles. The maximum absolute atomic E-state index is 13.3. The average Bonchev–Trinajstić information content (AvgIpc) is 2.98. The molecule has 4 aliphatic carbocycles. The molecule has 0 saturated heterocycles. The minimum absolute atomic E-state index is 0.154. The molecule has 1 N–H and O–H groups in total. The number of hydrogen-bond acceptors (Lipinski definition) is 3. The van der Waals surface area contributed by atoms with Gasteiger partial charge in [-0.2, -0.15) is 0 Å². The number of hydrogen-bond donors (Lipinski definition) is 1. The van der Waals surface area contributed by atoms with Crippen LogP contribution in [0.3, 0.4) is 0 Å². The normalized spacial score (nSPS) is 46.5. The summed E-state index contributed by atoms with van der Waals surface area (Å²) >= 11 is 0. The summed E-state index contributed by atoms with van der Waals surface area (Å²) in [5, 5.41) is 9.08. The molecule has 28 heavy (non-hydrogen) atoms. The van der Waals surface area contributed by atoms with E-state index in [1.165, 1.54) is 0 Å². The van der Waals surface area contributed by atoms with E-state index in [0.717, 1.165) is 38.5 Å². The van der Waals surface area contributed by atoms with Crippen LogP contribution in [0.1, 0.15) is 85.0 Å². The summed E-state index contributed by atoms with van der Waals surface area (Å²) in [7, 11) is 0.